The monoisotopic (exact) mass is 311 g/mol. The lowest BCUT2D eigenvalue weighted by Crippen LogP contribution is -2.64. The number of carbonyl (C=O) groups is 1. The number of morpholine rings is 1. The highest BCUT2D eigenvalue weighted by Crippen LogP contribution is 2.40. The van der Waals surface area contributed by atoms with Crippen LogP contribution in [0.2, 0.25) is 0 Å². The van der Waals surface area contributed by atoms with Crippen molar-refractivity contribution in [3.63, 3.8) is 0 Å². The molecule has 2 saturated heterocycles. The molecule has 0 aromatic carbocycles. The van der Waals surface area contributed by atoms with Crippen molar-refractivity contribution in [1.82, 2.24) is 4.90 Å². The van der Waals surface area contributed by atoms with Crippen LogP contribution in [-0.2, 0) is 9.47 Å². The third kappa shape index (κ3) is 3.46. The summed E-state index contributed by atoms with van der Waals surface area (Å²) in [6, 6.07) is -0.275. The van der Waals surface area contributed by atoms with E-state index in [1.807, 2.05) is 41.5 Å². The van der Waals surface area contributed by atoms with E-state index in [2.05, 4.69) is 0 Å². The molecule has 2 heterocycles. The molecule has 2 bridgehead atoms. The number of amides is 1. The zero-order valence-corrected chi connectivity index (χ0v) is 14.6. The Kier molecular flexibility index (Phi) is 4.60. The van der Waals surface area contributed by atoms with Crippen molar-refractivity contribution in [2.24, 2.45) is 0 Å². The van der Waals surface area contributed by atoms with Gasteiger partial charge in [-0.2, -0.15) is 0 Å². The molecule has 5 nitrogen and oxygen atoms in total. The quantitative estimate of drug-likeness (QED) is 0.757. The molecule has 0 aromatic rings. The molecule has 0 radical (unpaired) electrons. The van der Waals surface area contributed by atoms with E-state index < -0.39 is 11.2 Å². The van der Waals surface area contributed by atoms with Crippen molar-refractivity contribution in [3.8, 4) is 0 Å². The van der Waals surface area contributed by atoms with Gasteiger partial charge in [0.25, 0.3) is 0 Å². The fourth-order valence-electron chi connectivity index (χ4n) is 3.36. The lowest BCUT2D eigenvalue weighted by atomic mass is 9.76. The maximum absolute atomic E-state index is 12.5. The van der Waals surface area contributed by atoms with E-state index in [4.69, 9.17) is 9.47 Å². The Hall–Kier alpha value is -1.07. The molecule has 0 saturated carbocycles. The average Bonchev–Trinajstić information content (AvgIpc) is 2.34. The van der Waals surface area contributed by atoms with Gasteiger partial charge in [0, 0.05) is 12.8 Å². The predicted octanol–water partition coefficient (Wildman–Crippen LogP) is 2.87. The van der Waals surface area contributed by atoms with Gasteiger partial charge in [-0.3, -0.25) is 4.90 Å². The number of rotatable bonds is 1. The summed E-state index contributed by atoms with van der Waals surface area (Å²) in [4.78, 5) is 14.3. The number of ether oxygens (including phenoxy) is 2. The number of carbonyl (C=O) groups excluding carboxylic acids is 1. The van der Waals surface area contributed by atoms with Gasteiger partial charge >= 0.3 is 6.09 Å². The molecule has 2 aliphatic rings. The summed E-state index contributed by atoms with van der Waals surface area (Å²) in [5.41, 5.74) is 0.771. The van der Waals surface area contributed by atoms with Crippen molar-refractivity contribution < 1.29 is 19.4 Å². The van der Waals surface area contributed by atoms with Crippen LogP contribution in [0, 0.1) is 0 Å². The number of fused-ring (bicyclic) bond motifs is 2. The number of allylic oxidation sites excluding steroid dienone is 1. The van der Waals surface area contributed by atoms with Gasteiger partial charge in [-0.05, 0) is 47.1 Å². The molecular weight excluding hydrogens is 282 g/mol. The third-order valence-electron chi connectivity index (χ3n) is 4.61. The third-order valence-corrected chi connectivity index (χ3v) is 4.61. The molecule has 22 heavy (non-hydrogen) atoms. The minimum atomic E-state index is -0.851. The van der Waals surface area contributed by atoms with Crippen molar-refractivity contribution in [2.45, 2.75) is 77.7 Å². The van der Waals surface area contributed by atoms with Gasteiger partial charge in [-0.15, -0.1) is 0 Å². The van der Waals surface area contributed by atoms with Crippen LogP contribution >= 0.6 is 0 Å². The summed E-state index contributed by atoms with van der Waals surface area (Å²) in [7, 11) is 0. The van der Waals surface area contributed by atoms with Gasteiger partial charge in [0.1, 0.15) is 5.60 Å². The highest BCUT2D eigenvalue weighted by molar-refractivity contribution is 5.69. The second-order valence-electron chi connectivity index (χ2n) is 7.80. The van der Waals surface area contributed by atoms with Crippen molar-refractivity contribution >= 4 is 6.09 Å². The Morgan fingerprint density at radius 2 is 1.68 bits per heavy atom. The summed E-state index contributed by atoms with van der Waals surface area (Å²) in [6.07, 6.45) is 0.696. The largest absolute Gasteiger partial charge is 0.444 e. The number of hydrogen-bond acceptors (Lipinski definition) is 4. The van der Waals surface area contributed by atoms with Gasteiger partial charge in [-0.1, -0.05) is 5.57 Å². The molecule has 2 rings (SSSR count). The molecule has 1 N–H and O–H groups in total. The zero-order chi connectivity index (χ0) is 16.7. The summed E-state index contributed by atoms with van der Waals surface area (Å²) >= 11 is 0. The first-order valence-electron chi connectivity index (χ1n) is 7.99. The van der Waals surface area contributed by atoms with Crippen LogP contribution in [0.3, 0.4) is 0 Å². The highest BCUT2D eigenvalue weighted by atomic mass is 16.6. The van der Waals surface area contributed by atoms with E-state index in [0.29, 0.717) is 26.1 Å². The molecule has 1 amide bonds. The van der Waals surface area contributed by atoms with Gasteiger partial charge in [-0.25, -0.2) is 4.79 Å². The van der Waals surface area contributed by atoms with Crippen molar-refractivity contribution in [2.75, 3.05) is 13.2 Å². The molecule has 0 aromatic heterocycles. The summed E-state index contributed by atoms with van der Waals surface area (Å²) < 4.78 is 11.1. The van der Waals surface area contributed by atoms with Crippen molar-refractivity contribution in [1.29, 1.82) is 0 Å². The summed E-state index contributed by atoms with van der Waals surface area (Å²) in [5, 5.41) is 11.1. The number of piperidine rings is 1. The first-order valence-corrected chi connectivity index (χ1v) is 7.99. The molecule has 0 spiro atoms. The normalized spacial score (nSPS) is 31.7. The van der Waals surface area contributed by atoms with E-state index in [1.165, 1.54) is 0 Å². The number of hydrogen-bond donors (Lipinski definition) is 1. The van der Waals surface area contributed by atoms with E-state index in [9.17, 15) is 9.90 Å². The molecule has 2 atom stereocenters. The SMILES string of the molecule is CC(C)=C(C)C1(O)CC2COCC(C1)N2C(=O)OC(C)(C)C. The van der Waals surface area contributed by atoms with E-state index in [0.717, 1.165) is 11.1 Å². The maximum Gasteiger partial charge on any atom is 0.410 e. The first kappa shape index (κ1) is 17.3. The first-order chi connectivity index (χ1) is 10.0. The Morgan fingerprint density at radius 3 is 2.09 bits per heavy atom. The van der Waals surface area contributed by atoms with Crippen LogP contribution < -0.4 is 0 Å². The summed E-state index contributed by atoms with van der Waals surface area (Å²) in [6.45, 7) is 12.5. The standard InChI is InChI=1S/C17H29NO4/c1-11(2)12(3)17(20)7-13-9-21-10-14(8-17)18(13)15(19)22-16(4,5)6/h13-14,20H,7-10H2,1-6H3. The van der Waals surface area contributed by atoms with Crippen LogP contribution in [0.25, 0.3) is 0 Å². The molecule has 126 valence electrons. The smallest absolute Gasteiger partial charge is 0.410 e. The minimum Gasteiger partial charge on any atom is -0.444 e. The topological polar surface area (TPSA) is 59.0 Å². The molecule has 5 heteroatoms. The molecule has 0 aliphatic carbocycles. The minimum absolute atomic E-state index is 0.137. The van der Waals surface area contributed by atoms with Crippen LogP contribution in [0.4, 0.5) is 4.79 Å². The average molecular weight is 311 g/mol. The molecule has 2 unspecified atom stereocenters. The number of nitrogens with zero attached hydrogens (tertiary/aromatic N) is 1. The Balaban J connectivity index is 2.22. The summed E-state index contributed by atoms with van der Waals surface area (Å²) in [5.74, 6) is 0. The van der Waals surface area contributed by atoms with Crippen molar-refractivity contribution in [3.05, 3.63) is 11.1 Å². The van der Waals surface area contributed by atoms with Gasteiger partial charge < -0.3 is 14.6 Å². The fraction of sp³-hybridized carbons (Fsp3) is 0.824. The molecular formula is C17H29NO4. The highest BCUT2D eigenvalue weighted by Gasteiger charge is 2.49. The zero-order valence-electron chi connectivity index (χ0n) is 14.6. The Bertz CT molecular complexity index is 460. The Morgan fingerprint density at radius 1 is 1.18 bits per heavy atom. The van der Waals surface area contributed by atoms with Crippen LogP contribution in [-0.4, -0.2) is 52.6 Å². The number of aliphatic hydroxyl groups is 1. The van der Waals surface area contributed by atoms with E-state index in [-0.39, 0.29) is 18.2 Å². The fourth-order valence-corrected chi connectivity index (χ4v) is 3.36. The van der Waals surface area contributed by atoms with Gasteiger partial charge in [0.2, 0.25) is 0 Å². The maximum atomic E-state index is 12.5. The van der Waals surface area contributed by atoms with Gasteiger partial charge in [0.15, 0.2) is 0 Å². The second-order valence-corrected chi connectivity index (χ2v) is 7.80. The lowest BCUT2D eigenvalue weighted by Gasteiger charge is -2.51. The predicted molar refractivity (Wildman–Crippen MR) is 84.7 cm³/mol. The second kappa shape index (κ2) is 5.85. The van der Waals surface area contributed by atoms with E-state index >= 15 is 0 Å². The molecule has 2 fully saturated rings. The van der Waals surface area contributed by atoms with Crippen LogP contribution in [0.1, 0.15) is 54.4 Å². The molecule has 2 aliphatic heterocycles. The van der Waals surface area contributed by atoms with Gasteiger partial charge in [0.05, 0.1) is 30.9 Å². The Labute approximate surface area is 133 Å². The van der Waals surface area contributed by atoms with Crippen LogP contribution in [0.15, 0.2) is 11.1 Å². The van der Waals surface area contributed by atoms with Crippen LogP contribution in [0.5, 0.6) is 0 Å². The lowest BCUT2D eigenvalue weighted by molar-refractivity contribution is -0.126. The van der Waals surface area contributed by atoms with E-state index in [1.54, 1.807) is 4.90 Å².